The highest BCUT2D eigenvalue weighted by Gasteiger charge is 2.09. The number of carbonyl (C=O) groups excluding carboxylic acids is 2. The van der Waals surface area contributed by atoms with Crippen molar-refractivity contribution in [2.75, 3.05) is 17.2 Å². The van der Waals surface area contributed by atoms with Gasteiger partial charge in [-0.3, -0.25) is 9.59 Å². The van der Waals surface area contributed by atoms with Crippen molar-refractivity contribution in [1.82, 2.24) is 0 Å². The highest BCUT2D eigenvalue weighted by molar-refractivity contribution is 9.10. The molecule has 2 amide bonds. The topological polar surface area (TPSA) is 67.4 Å². The molecule has 0 heterocycles. The average molecular weight is 405 g/mol. The first-order chi connectivity index (χ1) is 11.8. The average Bonchev–Trinajstić information content (AvgIpc) is 2.54. The minimum atomic E-state index is -0.278. The number of halogens is 1. The Bertz CT molecular complexity index is 775. The van der Waals surface area contributed by atoms with Crippen LogP contribution < -0.4 is 15.4 Å². The molecule has 2 aromatic rings. The molecule has 5 nitrogen and oxygen atoms in total. The number of aryl methyl sites for hydroxylation is 1. The van der Waals surface area contributed by atoms with Crippen molar-refractivity contribution in [1.29, 1.82) is 0 Å². The highest BCUT2D eigenvalue weighted by atomic mass is 79.9. The number of amides is 2. The fraction of sp³-hybridized carbons (Fsp3) is 0.263. The second-order valence-electron chi connectivity index (χ2n) is 6.00. The van der Waals surface area contributed by atoms with Crippen molar-refractivity contribution < 1.29 is 14.3 Å². The molecule has 0 saturated carbocycles. The van der Waals surface area contributed by atoms with Gasteiger partial charge in [-0.05, 0) is 58.7 Å². The van der Waals surface area contributed by atoms with Crippen LogP contribution in [0.15, 0.2) is 46.9 Å². The lowest BCUT2D eigenvalue weighted by atomic mass is 10.2. The van der Waals surface area contributed by atoms with Crippen molar-refractivity contribution in [3.63, 3.8) is 0 Å². The van der Waals surface area contributed by atoms with E-state index in [4.69, 9.17) is 4.74 Å². The first-order valence-electron chi connectivity index (χ1n) is 7.95. The van der Waals surface area contributed by atoms with Crippen LogP contribution in [-0.2, 0) is 9.59 Å². The molecule has 2 N–H and O–H groups in total. The zero-order chi connectivity index (χ0) is 18.4. The van der Waals surface area contributed by atoms with E-state index >= 15 is 0 Å². The van der Waals surface area contributed by atoms with Gasteiger partial charge in [0.25, 0.3) is 5.91 Å². The van der Waals surface area contributed by atoms with E-state index < -0.39 is 0 Å². The standard InChI is InChI=1S/C19H21BrN2O3/c1-12(2)19(24)22-15-6-4-5-14(10-15)21-18(23)11-25-17-8-7-13(3)9-16(17)20/h4-10,12H,11H2,1-3H3,(H,21,23)(H,22,24). The maximum atomic E-state index is 12.1. The number of anilines is 2. The third-order valence-corrected chi connectivity index (χ3v) is 4.00. The lowest BCUT2D eigenvalue weighted by molar-refractivity contribution is -0.119. The van der Waals surface area contributed by atoms with E-state index in [1.807, 2.05) is 39.0 Å². The van der Waals surface area contributed by atoms with Gasteiger partial charge in [0.15, 0.2) is 6.61 Å². The van der Waals surface area contributed by atoms with E-state index in [1.165, 1.54) is 0 Å². The molecule has 0 aromatic heterocycles. The summed E-state index contributed by atoms with van der Waals surface area (Å²) in [5.74, 6) is 0.147. The second kappa shape index (κ2) is 8.67. The molecule has 2 aromatic carbocycles. The minimum absolute atomic E-state index is 0.0731. The van der Waals surface area contributed by atoms with Gasteiger partial charge in [0, 0.05) is 17.3 Å². The van der Waals surface area contributed by atoms with Crippen LogP contribution >= 0.6 is 15.9 Å². The molecular formula is C19H21BrN2O3. The molecule has 0 aliphatic carbocycles. The predicted octanol–water partition coefficient (Wildman–Crippen LogP) is 4.37. The summed E-state index contributed by atoms with van der Waals surface area (Å²) in [7, 11) is 0. The third-order valence-electron chi connectivity index (χ3n) is 3.38. The molecule has 0 bridgehead atoms. The largest absolute Gasteiger partial charge is 0.483 e. The van der Waals surface area contributed by atoms with Crippen LogP contribution in [0.4, 0.5) is 11.4 Å². The maximum absolute atomic E-state index is 12.1. The Morgan fingerprint density at radius 3 is 2.40 bits per heavy atom. The van der Waals surface area contributed by atoms with Crippen LogP contribution in [0, 0.1) is 12.8 Å². The molecule has 2 rings (SSSR count). The highest BCUT2D eigenvalue weighted by Crippen LogP contribution is 2.25. The van der Waals surface area contributed by atoms with Crippen molar-refractivity contribution in [3.05, 3.63) is 52.5 Å². The van der Waals surface area contributed by atoms with E-state index in [9.17, 15) is 9.59 Å². The van der Waals surface area contributed by atoms with Crippen LogP contribution in [0.1, 0.15) is 19.4 Å². The van der Waals surface area contributed by atoms with Gasteiger partial charge in [0.1, 0.15) is 5.75 Å². The molecule has 0 spiro atoms. The molecule has 0 saturated heterocycles. The van der Waals surface area contributed by atoms with Crippen molar-refractivity contribution >= 4 is 39.1 Å². The molecule has 0 aliphatic heterocycles. The molecule has 0 aliphatic rings. The molecule has 132 valence electrons. The molecule has 25 heavy (non-hydrogen) atoms. The molecular weight excluding hydrogens is 384 g/mol. The first-order valence-corrected chi connectivity index (χ1v) is 8.74. The van der Waals surface area contributed by atoms with Crippen LogP contribution in [-0.4, -0.2) is 18.4 Å². The molecule has 0 unspecified atom stereocenters. The Morgan fingerprint density at radius 2 is 1.76 bits per heavy atom. The lowest BCUT2D eigenvalue weighted by Gasteiger charge is -2.11. The Morgan fingerprint density at radius 1 is 1.08 bits per heavy atom. The quantitative estimate of drug-likeness (QED) is 0.750. The van der Waals surface area contributed by atoms with Crippen LogP contribution in [0.3, 0.4) is 0 Å². The Labute approximate surface area is 155 Å². The predicted molar refractivity (Wildman–Crippen MR) is 103 cm³/mol. The van der Waals surface area contributed by atoms with Crippen molar-refractivity contribution in [2.45, 2.75) is 20.8 Å². The fourth-order valence-corrected chi connectivity index (χ4v) is 2.63. The van der Waals surface area contributed by atoms with E-state index in [0.29, 0.717) is 17.1 Å². The van der Waals surface area contributed by atoms with Gasteiger partial charge in [0.05, 0.1) is 4.47 Å². The SMILES string of the molecule is Cc1ccc(OCC(=O)Nc2cccc(NC(=O)C(C)C)c2)c(Br)c1. The second-order valence-corrected chi connectivity index (χ2v) is 6.85. The molecule has 0 fully saturated rings. The molecule has 0 atom stereocenters. The van der Waals surface area contributed by atoms with Crippen LogP contribution in [0.2, 0.25) is 0 Å². The van der Waals surface area contributed by atoms with E-state index in [0.717, 1.165) is 10.0 Å². The van der Waals surface area contributed by atoms with Gasteiger partial charge in [0.2, 0.25) is 5.91 Å². The van der Waals surface area contributed by atoms with E-state index in [-0.39, 0.29) is 24.3 Å². The smallest absolute Gasteiger partial charge is 0.262 e. The Hall–Kier alpha value is -2.34. The Kier molecular flexibility index (Phi) is 6.58. The summed E-state index contributed by atoms with van der Waals surface area (Å²) in [6.45, 7) is 5.51. The lowest BCUT2D eigenvalue weighted by Crippen LogP contribution is -2.21. The summed E-state index contributed by atoms with van der Waals surface area (Å²) in [4.78, 5) is 23.8. The summed E-state index contributed by atoms with van der Waals surface area (Å²) < 4.78 is 6.33. The van der Waals surface area contributed by atoms with Gasteiger partial charge in [-0.15, -0.1) is 0 Å². The van der Waals surface area contributed by atoms with Crippen LogP contribution in [0.5, 0.6) is 5.75 Å². The number of carbonyl (C=O) groups is 2. The Balaban J connectivity index is 1.93. The van der Waals surface area contributed by atoms with Gasteiger partial charge in [-0.1, -0.05) is 26.0 Å². The van der Waals surface area contributed by atoms with Crippen LogP contribution in [0.25, 0.3) is 0 Å². The third kappa shape index (κ3) is 5.90. The molecule has 6 heteroatoms. The first kappa shape index (κ1) is 19.0. The normalized spacial score (nSPS) is 10.4. The number of nitrogens with one attached hydrogen (secondary N) is 2. The zero-order valence-corrected chi connectivity index (χ0v) is 16.0. The number of hydrogen-bond donors (Lipinski definition) is 2. The molecule has 0 radical (unpaired) electrons. The monoisotopic (exact) mass is 404 g/mol. The van der Waals surface area contributed by atoms with E-state index in [2.05, 4.69) is 26.6 Å². The summed E-state index contributed by atoms with van der Waals surface area (Å²) in [6, 6.07) is 12.7. The number of ether oxygens (including phenoxy) is 1. The van der Waals surface area contributed by atoms with E-state index in [1.54, 1.807) is 24.3 Å². The van der Waals surface area contributed by atoms with Gasteiger partial charge in [-0.2, -0.15) is 0 Å². The fourth-order valence-electron chi connectivity index (χ4n) is 2.02. The number of benzene rings is 2. The number of rotatable bonds is 6. The summed E-state index contributed by atoms with van der Waals surface area (Å²) >= 11 is 3.41. The van der Waals surface area contributed by atoms with Crippen molar-refractivity contribution in [2.24, 2.45) is 5.92 Å². The van der Waals surface area contributed by atoms with Gasteiger partial charge in [-0.25, -0.2) is 0 Å². The summed E-state index contributed by atoms with van der Waals surface area (Å²) in [6.07, 6.45) is 0. The number of hydrogen-bond acceptors (Lipinski definition) is 3. The minimum Gasteiger partial charge on any atom is -0.483 e. The summed E-state index contributed by atoms with van der Waals surface area (Å²) in [5, 5.41) is 5.55. The maximum Gasteiger partial charge on any atom is 0.262 e. The van der Waals surface area contributed by atoms with Gasteiger partial charge < -0.3 is 15.4 Å². The zero-order valence-electron chi connectivity index (χ0n) is 14.4. The van der Waals surface area contributed by atoms with Gasteiger partial charge >= 0.3 is 0 Å². The summed E-state index contributed by atoms with van der Waals surface area (Å²) in [5.41, 5.74) is 2.33. The van der Waals surface area contributed by atoms with Crippen molar-refractivity contribution in [3.8, 4) is 5.75 Å².